The summed E-state index contributed by atoms with van der Waals surface area (Å²) in [7, 11) is 0. The quantitative estimate of drug-likeness (QED) is 0.763. The molecule has 0 atom stereocenters. The van der Waals surface area contributed by atoms with Gasteiger partial charge in [-0.1, -0.05) is 44.2 Å². The van der Waals surface area contributed by atoms with Crippen LogP contribution in [0.3, 0.4) is 0 Å². The van der Waals surface area contributed by atoms with Crippen LogP contribution in [0.25, 0.3) is 10.8 Å². The molecule has 0 spiro atoms. The highest BCUT2D eigenvalue weighted by atomic mass is 19.1. The molecule has 102 valence electrons. The van der Waals surface area contributed by atoms with Crippen LogP contribution in [-0.4, -0.2) is 12.6 Å². The van der Waals surface area contributed by atoms with Gasteiger partial charge in [0.15, 0.2) is 0 Å². The first-order valence-electron chi connectivity index (χ1n) is 7.08. The molecule has 0 bridgehead atoms. The summed E-state index contributed by atoms with van der Waals surface area (Å²) in [6.07, 6.45) is 3.31. The van der Waals surface area contributed by atoms with Gasteiger partial charge in [-0.2, -0.15) is 0 Å². The molecule has 0 saturated carbocycles. The summed E-state index contributed by atoms with van der Waals surface area (Å²) in [6.45, 7) is 5.37. The van der Waals surface area contributed by atoms with E-state index in [2.05, 4.69) is 19.2 Å². The lowest BCUT2D eigenvalue weighted by Crippen LogP contribution is -2.23. The first kappa shape index (κ1) is 14.0. The van der Waals surface area contributed by atoms with Gasteiger partial charge in [0, 0.05) is 11.4 Å². The zero-order valence-electron chi connectivity index (χ0n) is 11.7. The molecule has 0 saturated heterocycles. The second kappa shape index (κ2) is 6.67. The first-order valence-corrected chi connectivity index (χ1v) is 7.08. The molecule has 2 aromatic carbocycles. The predicted molar refractivity (Wildman–Crippen MR) is 80.0 cm³/mol. The molecule has 0 radical (unpaired) electrons. The predicted octanol–water partition coefficient (Wildman–Crippen LogP) is 4.30. The summed E-state index contributed by atoms with van der Waals surface area (Å²) in [5.74, 6) is -0.124. The van der Waals surface area contributed by atoms with Crippen molar-refractivity contribution in [3.05, 3.63) is 47.8 Å². The normalized spacial score (nSPS) is 11.4. The van der Waals surface area contributed by atoms with Crippen LogP contribution >= 0.6 is 0 Å². The minimum atomic E-state index is -0.124. The number of unbranched alkanes of at least 4 members (excludes halogenated alkanes) is 1. The lowest BCUT2D eigenvalue weighted by Gasteiger charge is -2.09. The van der Waals surface area contributed by atoms with Crippen molar-refractivity contribution in [3.8, 4) is 0 Å². The average molecular weight is 259 g/mol. The molecule has 19 heavy (non-hydrogen) atoms. The van der Waals surface area contributed by atoms with Gasteiger partial charge in [-0.15, -0.1) is 0 Å². The van der Waals surface area contributed by atoms with Crippen molar-refractivity contribution in [2.45, 2.75) is 39.2 Å². The molecule has 0 aromatic heterocycles. The number of halogens is 1. The highest BCUT2D eigenvalue weighted by molar-refractivity contribution is 5.86. The Morgan fingerprint density at radius 1 is 1.00 bits per heavy atom. The van der Waals surface area contributed by atoms with Crippen LogP contribution in [0.1, 0.15) is 32.3 Å². The minimum Gasteiger partial charge on any atom is -0.315 e. The maximum Gasteiger partial charge on any atom is 0.131 e. The van der Waals surface area contributed by atoms with Gasteiger partial charge in [0.1, 0.15) is 5.82 Å². The van der Waals surface area contributed by atoms with Crippen molar-refractivity contribution in [3.63, 3.8) is 0 Å². The molecule has 0 heterocycles. The molecule has 0 aliphatic heterocycles. The first-order chi connectivity index (χ1) is 9.18. The molecule has 1 nitrogen and oxygen atoms in total. The van der Waals surface area contributed by atoms with E-state index in [9.17, 15) is 4.39 Å². The number of benzene rings is 2. The summed E-state index contributed by atoms with van der Waals surface area (Å²) >= 11 is 0. The van der Waals surface area contributed by atoms with Gasteiger partial charge in [-0.3, -0.25) is 0 Å². The van der Waals surface area contributed by atoms with Crippen molar-refractivity contribution in [1.82, 2.24) is 5.32 Å². The molecular weight excluding hydrogens is 237 g/mol. The Balaban J connectivity index is 1.99. The van der Waals surface area contributed by atoms with Crippen LogP contribution in [0.4, 0.5) is 4.39 Å². The van der Waals surface area contributed by atoms with E-state index in [1.807, 2.05) is 30.3 Å². The highest BCUT2D eigenvalue weighted by Crippen LogP contribution is 2.23. The topological polar surface area (TPSA) is 12.0 Å². The number of rotatable bonds is 6. The fourth-order valence-electron chi connectivity index (χ4n) is 2.37. The average Bonchev–Trinajstić information content (AvgIpc) is 2.41. The Labute approximate surface area is 114 Å². The third-order valence-corrected chi connectivity index (χ3v) is 3.39. The molecule has 0 amide bonds. The maximum atomic E-state index is 13.7. The van der Waals surface area contributed by atoms with Crippen LogP contribution in [0.2, 0.25) is 0 Å². The van der Waals surface area contributed by atoms with Gasteiger partial charge in [0.2, 0.25) is 0 Å². The van der Waals surface area contributed by atoms with Crippen molar-refractivity contribution in [2.75, 3.05) is 6.54 Å². The van der Waals surface area contributed by atoms with Crippen molar-refractivity contribution in [2.24, 2.45) is 0 Å². The van der Waals surface area contributed by atoms with E-state index < -0.39 is 0 Å². The summed E-state index contributed by atoms with van der Waals surface area (Å²) in [4.78, 5) is 0. The fourth-order valence-corrected chi connectivity index (χ4v) is 2.37. The van der Waals surface area contributed by atoms with E-state index in [0.717, 1.165) is 36.6 Å². The van der Waals surface area contributed by atoms with E-state index in [1.54, 1.807) is 6.07 Å². The molecule has 0 fully saturated rings. The summed E-state index contributed by atoms with van der Waals surface area (Å²) in [5.41, 5.74) is 1.25. The van der Waals surface area contributed by atoms with Crippen LogP contribution in [0.15, 0.2) is 36.4 Å². The number of nitrogens with one attached hydrogen (secondary N) is 1. The summed E-state index contributed by atoms with van der Waals surface area (Å²) < 4.78 is 13.7. The minimum absolute atomic E-state index is 0.124. The monoisotopic (exact) mass is 259 g/mol. The van der Waals surface area contributed by atoms with E-state index in [-0.39, 0.29) is 5.82 Å². The molecule has 2 rings (SSSR count). The Hall–Kier alpha value is -1.41. The third kappa shape index (κ3) is 3.77. The van der Waals surface area contributed by atoms with Gasteiger partial charge < -0.3 is 5.32 Å². The molecule has 1 N–H and O–H groups in total. The molecule has 2 heteroatoms. The van der Waals surface area contributed by atoms with E-state index in [4.69, 9.17) is 0 Å². The standard InChI is InChI=1S/C17H22FN/c1-13(2)19-12-6-5-7-14-10-11-17(18)16-9-4-3-8-15(14)16/h3-4,8-11,13,19H,5-7,12H2,1-2H3. The number of hydrogen-bond acceptors (Lipinski definition) is 1. The van der Waals surface area contributed by atoms with Gasteiger partial charge in [0.25, 0.3) is 0 Å². The molecular formula is C17H22FN. The molecule has 2 aromatic rings. The van der Waals surface area contributed by atoms with Gasteiger partial charge in [-0.25, -0.2) is 4.39 Å². The Bertz CT molecular complexity index is 534. The van der Waals surface area contributed by atoms with Gasteiger partial charge in [0.05, 0.1) is 0 Å². The van der Waals surface area contributed by atoms with Gasteiger partial charge >= 0.3 is 0 Å². The lowest BCUT2D eigenvalue weighted by molar-refractivity contribution is 0.558. The van der Waals surface area contributed by atoms with Crippen LogP contribution in [0, 0.1) is 5.82 Å². The van der Waals surface area contributed by atoms with Crippen LogP contribution in [-0.2, 0) is 6.42 Å². The zero-order chi connectivity index (χ0) is 13.7. The Kier molecular flexibility index (Phi) is 4.92. The van der Waals surface area contributed by atoms with Crippen molar-refractivity contribution in [1.29, 1.82) is 0 Å². The number of hydrogen-bond donors (Lipinski definition) is 1. The largest absolute Gasteiger partial charge is 0.315 e. The zero-order valence-corrected chi connectivity index (χ0v) is 11.7. The van der Waals surface area contributed by atoms with E-state index in [0.29, 0.717) is 6.04 Å². The van der Waals surface area contributed by atoms with Crippen molar-refractivity contribution < 1.29 is 4.39 Å². The van der Waals surface area contributed by atoms with E-state index in [1.165, 1.54) is 5.56 Å². The number of fused-ring (bicyclic) bond motifs is 1. The summed E-state index contributed by atoms with van der Waals surface area (Å²) in [5, 5.41) is 5.21. The fraction of sp³-hybridized carbons (Fsp3) is 0.412. The van der Waals surface area contributed by atoms with Gasteiger partial charge in [-0.05, 0) is 42.8 Å². The second-order valence-electron chi connectivity index (χ2n) is 5.32. The second-order valence-corrected chi connectivity index (χ2v) is 5.32. The van der Waals surface area contributed by atoms with Crippen LogP contribution < -0.4 is 5.32 Å². The van der Waals surface area contributed by atoms with Crippen LogP contribution in [0.5, 0.6) is 0 Å². The summed E-state index contributed by atoms with van der Waals surface area (Å²) in [6, 6.07) is 11.8. The number of aryl methyl sites for hydroxylation is 1. The van der Waals surface area contributed by atoms with E-state index >= 15 is 0 Å². The Morgan fingerprint density at radius 2 is 1.74 bits per heavy atom. The Morgan fingerprint density at radius 3 is 2.47 bits per heavy atom. The molecule has 0 unspecified atom stereocenters. The SMILES string of the molecule is CC(C)NCCCCc1ccc(F)c2ccccc12. The third-order valence-electron chi connectivity index (χ3n) is 3.39. The molecule has 0 aliphatic rings. The highest BCUT2D eigenvalue weighted by Gasteiger charge is 2.04. The smallest absolute Gasteiger partial charge is 0.131 e. The lowest BCUT2D eigenvalue weighted by atomic mass is 10.00. The van der Waals surface area contributed by atoms with Crippen molar-refractivity contribution >= 4 is 10.8 Å². The maximum absolute atomic E-state index is 13.7. The molecule has 0 aliphatic carbocycles.